The first-order valence-corrected chi connectivity index (χ1v) is 5.94. The van der Waals surface area contributed by atoms with Crippen molar-refractivity contribution in [1.82, 2.24) is 15.1 Å². The molecule has 0 aromatic rings. The third-order valence-electron chi connectivity index (χ3n) is 2.24. The van der Waals surface area contributed by atoms with Gasteiger partial charge in [-0.1, -0.05) is 6.92 Å². The van der Waals surface area contributed by atoms with E-state index in [0.717, 1.165) is 26.1 Å². The molecular formula is C11H26N4O. The van der Waals surface area contributed by atoms with E-state index in [-0.39, 0.29) is 5.91 Å². The van der Waals surface area contributed by atoms with Gasteiger partial charge in [0.15, 0.2) is 0 Å². The second kappa shape index (κ2) is 9.57. The Morgan fingerprint density at radius 2 is 1.94 bits per heavy atom. The fraction of sp³-hybridized carbons (Fsp3) is 0.909. The summed E-state index contributed by atoms with van der Waals surface area (Å²) >= 11 is 0. The van der Waals surface area contributed by atoms with Crippen LogP contribution in [0, 0.1) is 0 Å². The molecule has 0 rings (SSSR count). The molecule has 0 atom stereocenters. The monoisotopic (exact) mass is 230 g/mol. The van der Waals surface area contributed by atoms with Crippen molar-refractivity contribution in [2.45, 2.75) is 13.3 Å². The van der Waals surface area contributed by atoms with E-state index in [0.29, 0.717) is 19.6 Å². The van der Waals surface area contributed by atoms with Crippen molar-refractivity contribution >= 4 is 5.91 Å². The van der Waals surface area contributed by atoms with Gasteiger partial charge < -0.3 is 16.0 Å². The van der Waals surface area contributed by atoms with Crippen LogP contribution in [0.3, 0.4) is 0 Å². The first-order valence-electron chi connectivity index (χ1n) is 5.94. The van der Waals surface area contributed by atoms with Gasteiger partial charge in [-0.25, -0.2) is 0 Å². The van der Waals surface area contributed by atoms with E-state index in [1.165, 1.54) is 0 Å². The zero-order valence-electron chi connectivity index (χ0n) is 10.8. The zero-order chi connectivity index (χ0) is 12.4. The van der Waals surface area contributed by atoms with E-state index in [1.807, 2.05) is 14.1 Å². The Morgan fingerprint density at radius 3 is 2.44 bits per heavy atom. The summed E-state index contributed by atoms with van der Waals surface area (Å²) in [5.74, 6) is 0.0673. The maximum atomic E-state index is 11.5. The van der Waals surface area contributed by atoms with Gasteiger partial charge >= 0.3 is 0 Å². The van der Waals surface area contributed by atoms with Gasteiger partial charge in [-0.15, -0.1) is 0 Å². The molecule has 96 valence electrons. The van der Waals surface area contributed by atoms with Crippen molar-refractivity contribution in [2.75, 3.05) is 53.4 Å². The Labute approximate surface area is 99.0 Å². The van der Waals surface area contributed by atoms with Crippen molar-refractivity contribution in [3.05, 3.63) is 0 Å². The van der Waals surface area contributed by atoms with Crippen LogP contribution in [-0.4, -0.2) is 69.1 Å². The highest BCUT2D eigenvalue weighted by atomic mass is 16.2. The van der Waals surface area contributed by atoms with Gasteiger partial charge in [-0.05, 0) is 27.1 Å². The summed E-state index contributed by atoms with van der Waals surface area (Å²) in [5, 5.41) is 2.79. The number of carbonyl (C=O) groups is 1. The van der Waals surface area contributed by atoms with Crippen LogP contribution in [-0.2, 0) is 4.79 Å². The average molecular weight is 230 g/mol. The number of likely N-dealkylation sites (N-methyl/N-ethyl adjacent to an activating group) is 1. The summed E-state index contributed by atoms with van der Waals surface area (Å²) < 4.78 is 0. The van der Waals surface area contributed by atoms with E-state index >= 15 is 0 Å². The van der Waals surface area contributed by atoms with Gasteiger partial charge in [0.1, 0.15) is 0 Å². The van der Waals surface area contributed by atoms with E-state index in [4.69, 9.17) is 5.73 Å². The van der Waals surface area contributed by atoms with Crippen molar-refractivity contribution in [3.8, 4) is 0 Å². The average Bonchev–Trinajstić information content (AvgIpc) is 2.23. The van der Waals surface area contributed by atoms with Gasteiger partial charge in [0.05, 0.1) is 6.54 Å². The van der Waals surface area contributed by atoms with Crippen molar-refractivity contribution in [2.24, 2.45) is 5.73 Å². The molecule has 0 radical (unpaired) electrons. The number of rotatable bonds is 9. The molecule has 0 aliphatic heterocycles. The third-order valence-corrected chi connectivity index (χ3v) is 2.24. The van der Waals surface area contributed by atoms with Crippen LogP contribution in [0.4, 0.5) is 0 Å². The number of carbonyl (C=O) groups excluding carboxylic acids is 1. The molecule has 0 saturated carbocycles. The Kier molecular flexibility index (Phi) is 9.18. The number of hydrogen-bond acceptors (Lipinski definition) is 4. The van der Waals surface area contributed by atoms with Crippen molar-refractivity contribution < 1.29 is 4.79 Å². The summed E-state index contributed by atoms with van der Waals surface area (Å²) in [4.78, 5) is 15.8. The maximum absolute atomic E-state index is 11.5. The first-order chi connectivity index (χ1) is 7.60. The molecule has 0 aromatic heterocycles. The van der Waals surface area contributed by atoms with Crippen LogP contribution in [0.5, 0.6) is 0 Å². The molecule has 3 N–H and O–H groups in total. The van der Waals surface area contributed by atoms with Gasteiger partial charge in [-0.3, -0.25) is 9.69 Å². The standard InChI is InChI=1S/C11H26N4O/c1-4-7-15(9-8-14(2)3)10-11(16)13-6-5-12/h4-10,12H2,1-3H3,(H,13,16). The van der Waals surface area contributed by atoms with Crippen molar-refractivity contribution in [3.63, 3.8) is 0 Å². The number of nitrogens with zero attached hydrogens (tertiary/aromatic N) is 2. The summed E-state index contributed by atoms with van der Waals surface area (Å²) in [6.07, 6.45) is 1.07. The second-order valence-electron chi connectivity index (χ2n) is 4.22. The lowest BCUT2D eigenvalue weighted by molar-refractivity contribution is -0.122. The molecule has 0 aromatic carbocycles. The lowest BCUT2D eigenvalue weighted by atomic mass is 10.3. The first kappa shape index (κ1) is 15.3. The molecule has 0 bridgehead atoms. The summed E-state index contributed by atoms with van der Waals surface area (Å²) in [6, 6.07) is 0. The Hall–Kier alpha value is -0.650. The van der Waals surface area contributed by atoms with Crippen LogP contribution in [0.2, 0.25) is 0 Å². The molecule has 0 fully saturated rings. The van der Waals surface area contributed by atoms with E-state index in [9.17, 15) is 4.79 Å². The van der Waals surface area contributed by atoms with Gasteiger partial charge in [0.25, 0.3) is 0 Å². The maximum Gasteiger partial charge on any atom is 0.234 e. The summed E-state index contributed by atoms with van der Waals surface area (Å²) in [6.45, 7) is 6.52. The SMILES string of the molecule is CCCN(CCN(C)C)CC(=O)NCCN. The lowest BCUT2D eigenvalue weighted by Gasteiger charge is -2.22. The molecule has 0 aliphatic carbocycles. The minimum Gasteiger partial charge on any atom is -0.354 e. The number of hydrogen-bond donors (Lipinski definition) is 2. The fourth-order valence-electron chi connectivity index (χ4n) is 1.40. The number of nitrogens with one attached hydrogen (secondary N) is 1. The quantitative estimate of drug-likeness (QED) is 0.552. The molecule has 0 heterocycles. The van der Waals surface area contributed by atoms with E-state index in [2.05, 4.69) is 22.0 Å². The molecule has 5 heteroatoms. The van der Waals surface area contributed by atoms with Crippen LogP contribution in [0.15, 0.2) is 0 Å². The second-order valence-corrected chi connectivity index (χ2v) is 4.22. The molecule has 0 saturated heterocycles. The summed E-state index contributed by atoms with van der Waals surface area (Å²) in [5.41, 5.74) is 5.33. The highest BCUT2D eigenvalue weighted by Gasteiger charge is 2.09. The predicted octanol–water partition coefficient (Wildman–Crippen LogP) is -0.665. The molecule has 5 nitrogen and oxygen atoms in total. The van der Waals surface area contributed by atoms with Crippen LogP contribution in [0.1, 0.15) is 13.3 Å². The molecule has 0 spiro atoms. The minimum atomic E-state index is 0.0673. The van der Waals surface area contributed by atoms with E-state index in [1.54, 1.807) is 0 Å². The number of nitrogens with two attached hydrogens (primary N) is 1. The van der Waals surface area contributed by atoms with E-state index < -0.39 is 0 Å². The minimum absolute atomic E-state index is 0.0673. The van der Waals surface area contributed by atoms with Gasteiger partial charge in [0.2, 0.25) is 5.91 Å². The predicted molar refractivity (Wildman–Crippen MR) is 67.3 cm³/mol. The zero-order valence-corrected chi connectivity index (χ0v) is 10.8. The van der Waals surface area contributed by atoms with Crippen LogP contribution in [0.25, 0.3) is 0 Å². The highest BCUT2D eigenvalue weighted by Crippen LogP contribution is 1.92. The van der Waals surface area contributed by atoms with Crippen LogP contribution < -0.4 is 11.1 Å². The summed E-state index contributed by atoms with van der Waals surface area (Å²) in [7, 11) is 4.08. The molecule has 0 aliphatic rings. The van der Waals surface area contributed by atoms with Gasteiger partial charge in [0, 0.05) is 26.2 Å². The normalized spacial score (nSPS) is 11.1. The Morgan fingerprint density at radius 1 is 1.25 bits per heavy atom. The van der Waals surface area contributed by atoms with Crippen molar-refractivity contribution in [1.29, 1.82) is 0 Å². The molecular weight excluding hydrogens is 204 g/mol. The Bertz CT molecular complexity index is 185. The fourth-order valence-corrected chi connectivity index (χ4v) is 1.40. The van der Waals surface area contributed by atoms with Crippen LogP contribution >= 0.6 is 0 Å². The van der Waals surface area contributed by atoms with Gasteiger partial charge in [-0.2, -0.15) is 0 Å². The largest absolute Gasteiger partial charge is 0.354 e. The molecule has 1 amide bonds. The molecule has 0 unspecified atom stereocenters. The molecule has 16 heavy (non-hydrogen) atoms. The third kappa shape index (κ3) is 8.64. The number of amides is 1. The Balaban J connectivity index is 3.86. The lowest BCUT2D eigenvalue weighted by Crippen LogP contribution is -2.41. The smallest absolute Gasteiger partial charge is 0.234 e. The topological polar surface area (TPSA) is 61.6 Å². The highest BCUT2D eigenvalue weighted by molar-refractivity contribution is 5.77.